The van der Waals surface area contributed by atoms with E-state index in [0.29, 0.717) is 0 Å². The van der Waals surface area contributed by atoms with Gasteiger partial charge in [0.15, 0.2) is 0 Å². The summed E-state index contributed by atoms with van der Waals surface area (Å²) in [7, 11) is 0. The number of aryl methyl sites for hydroxylation is 1. The lowest BCUT2D eigenvalue weighted by Crippen LogP contribution is -2.35. The van der Waals surface area contributed by atoms with E-state index >= 15 is 0 Å². The maximum absolute atomic E-state index is 6.56. The van der Waals surface area contributed by atoms with Gasteiger partial charge in [-0.3, -0.25) is 0 Å². The van der Waals surface area contributed by atoms with E-state index in [4.69, 9.17) is 5.73 Å². The summed E-state index contributed by atoms with van der Waals surface area (Å²) in [5.74, 6) is 0.857. The average molecular weight is 223 g/mol. The van der Waals surface area contributed by atoms with Crippen LogP contribution in [0.2, 0.25) is 0 Å². The van der Waals surface area contributed by atoms with Crippen molar-refractivity contribution in [2.75, 3.05) is 0 Å². The minimum atomic E-state index is -0.0322. The van der Waals surface area contributed by atoms with Crippen molar-refractivity contribution in [2.45, 2.75) is 51.5 Å². The van der Waals surface area contributed by atoms with Gasteiger partial charge in [0.25, 0.3) is 0 Å². The predicted octanol–water partition coefficient (Wildman–Crippen LogP) is 3.81. The Morgan fingerprint density at radius 2 is 2.20 bits per heavy atom. The smallest absolute Gasteiger partial charge is 0.0418 e. The van der Waals surface area contributed by atoms with Crippen LogP contribution in [0.3, 0.4) is 0 Å². The third-order valence-electron chi connectivity index (χ3n) is 3.71. The summed E-state index contributed by atoms with van der Waals surface area (Å²) in [6.45, 7) is 4.52. The molecule has 0 spiro atoms. The molecule has 1 saturated carbocycles. The van der Waals surface area contributed by atoms with Gasteiger partial charge in [-0.2, -0.15) is 0 Å². The molecule has 1 nitrogen and oxygen atoms in total. The number of hydrogen-bond acceptors (Lipinski definition) is 2. The summed E-state index contributed by atoms with van der Waals surface area (Å²) in [6, 6.07) is 2.28. The number of hydrogen-bond donors (Lipinski definition) is 1. The third-order valence-corrected chi connectivity index (χ3v) is 4.57. The van der Waals surface area contributed by atoms with Gasteiger partial charge in [-0.15, -0.1) is 11.3 Å². The molecular weight excluding hydrogens is 202 g/mol. The molecule has 0 radical (unpaired) electrons. The molecule has 15 heavy (non-hydrogen) atoms. The summed E-state index contributed by atoms with van der Waals surface area (Å²) >= 11 is 1.82. The van der Waals surface area contributed by atoms with Crippen LogP contribution in [0.15, 0.2) is 11.4 Å². The van der Waals surface area contributed by atoms with Crippen molar-refractivity contribution in [3.05, 3.63) is 21.9 Å². The molecule has 1 aromatic heterocycles. The third kappa shape index (κ3) is 2.43. The highest BCUT2D eigenvalue weighted by atomic mass is 32.1. The maximum Gasteiger partial charge on any atom is 0.0418 e. The van der Waals surface area contributed by atoms with E-state index in [0.717, 1.165) is 18.8 Å². The SMILES string of the molecule is Cc1cc(C2(N)CCCC(C)CC2)cs1. The Balaban J connectivity index is 2.18. The Bertz CT molecular complexity index is 331. The van der Waals surface area contributed by atoms with Gasteiger partial charge in [0.2, 0.25) is 0 Å². The van der Waals surface area contributed by atoms with Crippen molar-refractivity contribution < 1.29 is 0 Å². The van der Waals surface area contributed by atoms with Gasteiger partial charge in [-0.1, -0.05) is 19.8 Å². The summed E-state index contributed by atoms with van der Waals surface area (Å²) < 4.78 is 0. The van der Waals surface area contributed by atoms with Crippen LogP contribution < -0.4 is 5.73 Å². The van der Waals surface area contributed by atoms with Crippen molar-refractivity contribution >= 4 is 11.3 Å². The molecule has 1 heterocycles. The largest absolute Gasteiger partial charge is 0.321 e. The fourth-order valence-electron chi connectivity index (χ4n) is 2.53. The highest BCUT2D eigenvalue weighted by molar-refractivity contribution is 7.10. The normalized spacial score (nSPS) is 32.6. The Labute approximate surface area is 96.7 Å². The number of nitrogens with two attached hydrogens (primary N) is 1. The number of thiophene rings is 1. The lowest BCUT2D eigenvalue weighted by molar-refractivity contribution is 0.379. The molecule has 1 aliphatic rings. The summed E-state index contributed by atoms with van der Waals surface area (Å²) in [4.78, 5) is 1.38. The molecule has 2 N–H and O–H groups in total. The van der Waals surface area contributed by atoms with E-state index in [9.17, 15) is 0 Å². The molecule has 2 unspecified atom stereocenters. The van der Waals surface area contributed by atoms with Gasteiger partial charge >= 0.3 is 0 Å². The molecule has 2 rings (SSSR count). The van der Waals surface area contributed by atoms with E-state index in [1.165, 1.54) is 29.7 Å². The molecule has 0 saturated heterocycles. The molecule has 0 aliphatic heterocycles. The van der Waals surface area contributed by atoms with Gasteiger partial charge in [0.1, 0.15) is 0 Å². The first kappa shape index (κ1) is 11.2. The van der Waals surface area contributed by atoms with Crippen molar-refractivity contribution in [3.63, 3.8) is 0 Å². The average Bonchev–Trinajstić information content (AvgIpc) is 2.55. The Morgan fingerprint density at radius 1 is 1.40 bits per heavy atom. The predicted molar refractivity (Wildman–Crippen MR) is 67.2 cm³/mol. The monoisotopic (exact) mass is 223 g/mol. The van der Waals surface area contributed by atoms with E-state index in [1.54, 1.807) is 0 Å². The first-order valence-electron chi connectivity index (χ1n) is 5.95. The van der Waals surface area contributed by atoms with Gasteiger partial charge in [0, 0.05) is 10.4 Å². The molecule has 1 aromatic rings. The Kier molecular flexibility index (Phi) is 3.17. The van der Waals surface area contributed by atoms with Gasteiger partial charge in [-0.05, 0) is 49.1 Å². The topological polar surface area (TPSA) is 26.0 Å². The summed E-state index contributed by atoms with van der Waals surface area (Å²) in [5.41, 5.74) is 7.90. The van der Waals surface area contributed by atoms with E-state index < -0.39 is 0 Å². The van der Waals surface area contributed by atoms with E-state index in [-0.39, 0.29) is 5.54 Å². The van der Waals surface area contributed by atoms with Crippen LogP contribution in [0, 0.1) is 12.8 Å². The molecule has 1 aliphatic carbocycles. The minimum Gasteiger partial charge on any atom is -0.321 e. The lowest BCUT2D eigenvalue weighted by Gasteiger charge is -2.27. The molecule has 0 bridgehead atoms. The van der Waals surface area contributed by atoms with E-state index in [1.807, 2.05) is 11.3 Å². The van der Waals surface area contributed by atoms with Crippen LogP contribution in [0.1, 0.15) is 49.5 Å². The van der Waals surface area contributed by atoms with Crippen molar-refractivity contribution in [1.82, 2.24) is 0 Å². The summed E-state index contributed by atoms with van der Waals surface area (Å²) in [5, 5.41) is 2.26. The molecular formula is C13H21NS. The standard InChI is InChI=1S/C13H21NS/c1-10-4-3-6-13(14,7-5-10)12-8-11(2)15-9-12/h8-10H,3-7,14H2,1-2H3. The van der Waals surface area contributed by atoms with Gasteiger partial charge in [-0.25, -0.2) is 0 Å². The Hall–Kier alpha value is -0.340. The lowest BCUT2D eigenvalue weighted by atomic mass is 9.85. The van der Waals surface area contributed by atoms with E-state index in [2.05, 4.69) is 25.3 Å². The second kappa shape index (κ2) is 4.26. The zero-order valence-corrected chi connectivity index (χ0v) is 10.6. The first-order valence-corrected chi connectivity index (χ1v) is 6.83. The zero-order valence-electron chi connectivity index (χ0n) is 9.75. The maximum atomic E-state index is 6.56. The summed E-state index contributed by atoms with van der Waals surface area (Å²) in [6.07, 6.45) is 6.23. The zero-order chi connectivity index (χ0) is 10.9. The Morgan fingerprint density at radius 3 is 2.87 bits per heavy atom. The van der Waals surface area contributed by atoms with Crippen molar-refractivity contribution in [1.29, 1.82) is 0 Å². The van der Waals surface area contributed by atoms with Crippen LogP contribution in [0.4, 0.5) is 0 Å². The molecule has 1 fully saturated rings. The molecule has 2 heteroatoms. The number of rotatable bonds is 1. The fourth-order valence-corrected chi connectivity index (χ4v) is 3.34. The van der Waals surface area contributed by atoms with Crippen molar-refractivity contribution in [3.8, 4) is 0 Å². The van der Waals surface area contributed by atoms with Crippen molar-refractivity contribution in [2.24, 2.45) is 11.7 Å². The highest BCUT2D eigenvalue weighted by Gasteiger charge is 2.30. The van der Waals surface area contributed by atoms with Crippen LogP contribution in [-0.2, 0) is 5.54 Å². The first-order chi connectivity index (χ1) is 7.10. The van der Waals surface area contributed by atoms with Gasteiger partial charge in [0.05, 0.1) is 0 Å². The van der Waals surface area contributed by atoms with Crippen LogP contribution in [0.25, 0.3) is 0 Å². The highest BCUT2D eigenvalue weighted by Crippen LogP contribution is 2.37. The quantitative estimate of drug-likeness (QED) is 0.720. The van der Waals surface area contributed by atoms with Crippen LogP contribution >= 0.6 is 11.3 Å². The fraction of sp³-hybridized carbons (Fsp3) is 0.692. The van der Waals surface area contributed by atoms with Crippen LogP contribution in [0.5, 0.6) is 0 Å². The minimum absolute atomic E-state index is 0.0322. The molecule has 0 amide bonds. The second-order valence-corrected chi connectivity index (χ2v) is 6.25. The van der Waals surface area contributed by atoms with Crippen LogP contribution in [-0.4, -0.2) is 0 Å². The molecule has 2 atom stereocenters. The van der Waals surface area contributed by atoms with Gasteiger partial charge < -0.3 is 5.73 Å². The molecule has 84 valence electrons. The molecule has 0 aromatic carbocycles. The second-order valence-electron chi connectivity index (χ2n) is 5.14.